The molecule has 0 saturated carbocycles. The highest BCUT2D eigenvalue weighted by atomic mass is 16.5. The van der Waals surface area contributed by atoms with E-state index in [0.717, 1.165) is 12.8 Å². The zero-order valence-electron chi connectivity index (χ0n) is 15.7. The number of carboxylic acid groups (broad SMARTS) is 1. The molecule has 6 heteroatoms. The Morgan fingerprint density at radius 2 is 2.00 bits per heavy atom. The second kappa shape index (κ2) is 13.0. The summed E-state index contributed by atoms with van der Waals surface area (Å²) in [5.74, 6) is -0.890. The number of hydrogen-bond donors (Lipinski definition) is 4. The van der Waals surface area contributed by atoms with Crippen LogP contribution in [0.5, 0.6) is 0 Å². The first kappa shape index (κ1) is 22.8. The van der Waals surface area contributed by atoms with Crippen LogP contribution >= 0.6 is 0 Å². The predicted molar refractivity (Wildman–Crippen MR) is 99.8 cm³/mol. The lowest BCUT2D eigenvalue weighted by molar-refractivity contribution is -0.137. The highest BCUT2D eigenvalue weighted by molar-refractivity contribution is 5.66. The Morgan fingerprint density at radius 1 is 1.23 bits per heavy atom. The first-order valence-electron chi connectivity index (χ1n) is 9.68. The summed E-state index contributed by atoms with van der Waals surface area (Å²) >= 11 is 0. The quantitative estimate of drug-likeness (QED) is 0.293. The van der Waals surface area contributed by atoms with Gasteiger partial charge in [0.05, 0.1) is 24.4 Å². The van der Waals surface area contributed by atoms with Crippen molar-refractivity contribution >= 4 is 5.97 Å². The van der Waals surface area contributed by atoms with E-state index in [-0.39, 0.29) is 6.42 Å². The van der Waals surface area contributed by atoms with Crippen LogP contribution in [0.1, 0.15) is 64.7 Å². The molecule has 1 saturated heterocycles. The SMILES string of the molecule is CCCCC/C=C\C[C@H](O)/C=C/[C@H]1O[C@@H]([C@@H](O)CCCC(=O)O)C[C@@H]1O. The topological polar surface area (TPSA) is 107 Å². The summed E-state index contributed by atoms with van der Waals surface area (Å²) in [7, 11) is 0. The van der Waals surface area contributed by atoms with Gasteiger partial charge in [0.2, 0.25) is 0 Å². The van der Waals surface area contributed by atoms with Crippen LogP contribution in [-0.4, -0.2) is 56.9 Å². The van der Waals surface area contributed by atoms with Crippen molar-refractivity contribution in [1.82, 2.24) is 0 Å². The van der Waals surface area contributed by atoms with Crippen LogP contribution in [0.3, 0.4) is 0 Å². The summed E-state index contributed by atoms with van der Waals surface area (Å²) in [5, 5.41) is 38.7. The lowest BCUT2D eigenvalue weighted by Crippen LogP contribution is -2.26. The Hall–Kier alpha value is -1.21. The zero-order chi connectivity index (χ0) is 19.4. The molecule has 0 bridgehead atoms. The molecule has 6 nitrogen and oxygen atoms in total. The van der Waals surface area contributed by atoms with E-state index in [1.54, 1.807) is 12.2 Å². The van der Waals surface area contributed by atoms with Gasteiger partial charge < -0.3 is 25.2 Å². The van der Waals surface area contributed by atoms with Gasteiger partial charge in [0.1, 0.15) is 6.10 Å². The van der Waals surface area contributed by atoms with Gasteiger partial charge in [-0.25, -0.2) is 0 Å². The molecule has 0 spiro atoms. The average molecular weight is 370 g/mol. The van der Waals surface area contributed by atoms with E-state index in [1.807, 2.05) is 6.08 Å². The summed E-state index contributed by atoms with van der Waals surface area (Å²) < 4.78 is 5.65. The second-order valence-electron chi connectivity index (χ2n) is 6.95. The van der Waals surface area contributed by atoms with E-state index in [2.05, 4.69) is 13.0 Å². The van der Waals surface area contributed by atoms with E-state index in [1.165, 1.54) is 12.8 Å². The maximum atomic E-state index is 10.5. The third-order valence-electron chi connectivity index (χ3n) is 4.55. The molecule has 1 fully saturated rings. The molecule has 0 aromatic carbocycles. The first-order valence-corrected chi connectivity index (χ1v) is 9.68. The molecule has 1 aliphatic rings. The van der Waals surface area contributed by atoms with E-state index < -0.39 is 36.5 Å². The molecule has 26 heavy (non-hydrogen) atoms. The molecule has 0 amide bonds. The number of ether oxygens (including phenoxy) is 1. The van der Waals surface area contributed by atoms with Gasteiger partial charge in [-0.1, -0.05) is 44.1 Å². The number of carbonyl (C=O) groups is 1. The molecule has 1 aliphatic heterocycles. The summed E-state index contributed by atoms with van der Waals surface area (Å²) in [6.07, 6.45) is 10.2. The van der Waals surface area contributed by atoms with Crippen molar-refractivity contribution in [1.29, 1.82) is 0 Å². The fraction of sp³-hybridized carbons (Fsp3) is 0.750. The Labute approximate surface area is 156 Å². The first-order chi connectivity index (χ1) is 12.4. The number of aliphatic hydroxyl groups is 3. The lowest BCUT2D eigenvalue weighted by atomic mass is 10.0. The smallest absolute Gasteiger partial charge is 0.303 e. The number of hydrogen-bond acceptors (Lipinski definition) is 5. The van der Waals surface area contributed by atoms with Gasteiger partial charge in [-0.3, -0.25) is 4.79 Å². The van der Waals surface area contributed by atoms with Crippen LogP contribution in [0.15, 0.2) is 24.3 Å². The third kappa shape index (κ3) is 9.48. The van der Waals surface area contributed by atoms with E-state index in [9.17, 15) is 20.1 Å². The minimum atomic E-state index is -0.890. The van der Waals surface area contributed by atoms with E-state index in [0.29, 0.717) is 25.7 Å². The van der Waals surface area contributed by atoms with Gasteiger partial charge in [0, 0.05) is 12.8 Å². The van der Waals surface area contributed by atoms with Gasteiger partial charge in [-0.05, 0) is 32.1 Å². The fourth-order valence-electron chi connectivity index (χ4n) is 2.97. The van der Waals surface area contributed by atoms with Crippen molar-refractivity contribution in [2.24, 2.45) is 0 Å². The molecule has 1 heterocycles. The fourth-order valence-corrected chi connectivity index (χ4v) is 2.97. The lowest BCUT2D eigenvalue weighted by Gasteiger charge is -2.17. The highest BCUT2D eigenvalue weighted by Gasteiger charge is 2.36. The van der Waals surface area contributed by atoms with E-state index >= 15 is 0 Å². The monoisotopic (exact) mass is 370 g/mol. The predicted octanol–water partition coefficient (Wildman–Crippen LogP) is 2.56. The number of aliphatic hydroxyl groups excluding tert-OH is 3. The highest BCUT2D eigenvalue weighted by Crippen LogP contribution is 2.26. The van der Waals surface area contributed by atoms with Crippen molar-refractivity contribution in [2.75, 3.05) is 0 Å². The second-order valence-corrected chi connectivity index (χ2v) is 6.95. The number of carboxylic acids is 1. The molecule has 5 atom stereocenters. The molecule has 0 aliphatic carbocycles. The molecule has 150 valence electrons. The zero-order valence-corrected chi connectivity index (χ0v) is 15.7. The minimum Gasteiger partial charge on any atom is -0.481 e. The Morgan fingerprint density at radius 3 is 2.69 bits per heavy atom. The van der Waals surface area contributed by atoms with Crippen LogP contribution < -0.4 is 0 Å². The molecule has 0 aromatic rings. The van der Waals surface area contributed by atoms with Crippen LogP contribution in [0, 0.1) is 0 Å². The Kier molecular flexibility index (Phi) is 11.4. The van der Waals surface area contributed by atoms with Crippen LogP contribution in [0.25, 0.3) is 0 Å². The average Bonchev–Trinajstić information content (AvgIpc) is 2.96. The van der Waals surface area contributed by atoms with Gasteiger partial charge >= 0.3 is 5.97 Å². The largest absolute Gasteiger partial charge is 0.481 e. The normalized spacial score (nSPS) is 25.9. The van der Waals surface area contributed by atoms with Crippen molar-refractivity contribution in [3.05, 3.63) is 24.3 Å². The molecular weight excluding hydrogens is 336 g/mol. The summed E-state index contributed by atoms with van der Waals surface area (Å²) in [6, 6.07) is 0. The van der Waals surface area contributed by atoms with Crippen molar-refractivity contribution in [3.63, 3.8) is 0 Å². The molecule has 0 unspecified atom stereocenters. The number of allylic oxidation sites excluding steroid dienone is 1. The van der Waals surface area contributed by atoms with Crippen molar-refractivity contribution < 1.29 is 30.0 Å². The third-order valence-corrected chi connectivity index (χ3v) is 4.55. The van der Waals surface area contributed by atoms with Gasteiger partial charge in [0.15, 0.2) is 0 Å². The molecular formula is C20H34O6. The van der Waals surface area contributed by atoms with Crippen LogP contribution in [0.2, 0.25) is 0 Å². The standard InChI is InChI=1S/C20H34O6/c1-2-3-4-5-6-7-9-15(21)12-13-18-17(23)14-19(26-18)16(22)10-8-11-20(24)25/h6-7,12-13,15-19,21-23H,2-5,8-11,14H2,1H3,(H,24,25)/b7-6-,13-12+/t15-,16-,17-,18+,19+/m0/s1. The number of rotatable bonds is 13. The summed E-state index contributed by atoms with van der Waals surface area (Å²) in [4.78, 5) is 10.5. The Bertz CT molecular complexity index is 448. The molecule has 4 N–H and O–H groups in total. The molecule has 0 aromatic heterocycles. The van der Waals surface area contributed by atoms with Crippen molar-refractivity contribution in [2.45, 2.75) is 95.2 Å². The van der Waals surface area contributed by atoms with E-state index in [4.69, 9.17) is 9.84 Å². The Balaban J connectivity index is 2.31. The maximum absolute atomic E-state index is 10.5. The van der Waals surface area contributed by atoms with Gasteiger partial charge in [0.25, 0.3) is 0 Å². The molecule has 1 rings (SSSR count). The summed E-state index contributed by atoms with van der Waals surface area (Å²) in [5.41, 5.74) is 0. The van der Waals surface area contributed by atoms with Crippen LogP contribution in [-0.2, 0) is 9.53 Å². The van der Waals surface area contributed by atoms with Crippen molar-refractivity contribution in [3.8, 4) is 0 Å². The van der Waals surface area contributed by atoms with Gasteiger partial charge in [-0.15, -0.1) is 0 Å². The number of unbranched alkanes of at least 4 members (excludes halogenated alkanes) is 3. The number of aliphatic carboxylic acids is 1. The minimum absolute atomic E-state index is 0.00776. The molecule has 0 radical (unpaired) electrons. The maximum Gasteiger partial charge on any atom is 0.303 e. The summed E-state index contributed by atoms with van der Waals surface area (Å²) in [6.45, 7) is 2.16. The van der Waals surface area contributed by atoms with Gasteiger partial charge in [-0.2, -0.15) is 0 Å². The van der Waals surface area contributed by atoms with Crippen LogP contribution in [0.4, 0.5) is 0 Å².